The SMILES string of the molecule is CC1(C(O)CN)CCCCC1. The zero-order valence-corrected chi connectivity index (χ0v) is 7.34. The first-order chi connectivity index (χ1) is 5.19. The maximum Gasteiger partial charge on any atom is 0.0715 e. The highest BCUT2D eigenvalue weighted by atomic mass is 16.3. The van der Waals surface area contributed by atoms with Crippen LogP contribution in [0.4, 0.5) is 0 Å². The molecule has 0 aromatic heterocycles. The molecule has 1 aliphatic rings. The highest BCUT2D eigenvalue weighted by Gasteiger charge is 2.33. The zero-order valence-electron chi connectivity index (χ0n) is 7.34. The Bertz CT molecular complexity index is 119. The van der Waals surface area contributed by atoms with E-state index in [1.54, 1.807) is 0 Å². The van der Waals surface area contributed by atoms with Gasteiger partial charge in [-0.25, -0.2) is 0 Å². The van der Waals surface area contributed by atoms with Crippen LogP contribution in [0.2, 0.25) is 0 Å². The van der Waals surface area contributed by atoms with Gasteiger partial charge < -0.3 is 10.8 Å². The maximum absolute atomic E-state index is 9.62. The molecule has 0 radical (unpaired) electrons. The van der Waals surface area contributed by atoms with Crippen molar-refractivity contribution in [3.63, 3.8) is 0 Å². The molecule has 0 amide bonds. The van der Waals surface area contributed by atoms with E-state index in [0.29, 0.717) is 6.54 Å². The van der Waals surface area contributed by atoms with Crippen LogP contribution in [0.25, 0.3) is 0 Å². The van der Waals surface area contributed by atoms with Crippen LogP contribution in [-0.2, 0) is 0 Å². The summed E-state index contributed by atoms with van der Waals surface area (Å²) in [5.41, 5.74) is 5.56. The van der Waals surface area contributed by atoms with Crippen LogP contribution in [0.5, 0.6) is 0 Å². The molecular formula is C9H19NO. The van der Waals surface area contributed by atoms with Gasteiger partial charge in [0.25, 0.3) is 0 Å². The summed E-state index contributed by atoms with van der Waals surface area (Å²) in [6.07, 6.45) is 5.84. The molecule has 0 aromatic rings. The third-order valence-corrected chi connectivity index (χ3v) is 3.02. The van der Waals surface area contributed by atoms with E-state index in [-0.39, 0.29) is 11.5 Å². The van der Waals surface area contributed by atoms with Crippen molar-refractivity contribution in [2.45, 2.75) is 45.1 Å². The zero-order chi connectivity index (χ0) is 8.32. The molecule has 1 aliphatic carbocycles. The first-order valence-electron chi connectivity index (χ1n) is 4.57. The van der Waals surface area contributed by atoms with E-state index in [1.165, 1.54) is 19.3 Å². The number of rotatable bonds is 2. The topological polar surface area (TPSA) is 46.2 Å². The van der Waals surface area contributed by atoms with Crippen LogP contribution in [0.15, 0.2) is 0 Å². The van der Waals surface area contributed by atoms with Crippen molar-refractivity contribution in [1.82, 2.24) is 0 Å². The second-order valence-corrected chi connectivity index (χ2v) is 3.97. The highest BCUT2D eigenvalue weighted by molar-refractivity contribution is 4.85. The minimum atomic E-state index is -0.289. The average molecular weight is 157 g/mol. The number of nitrogens with two attached hydrogens (primary N) is 1. The Hall–Kier alpha value is -0.0800. The van der Waals surface area contributed by atoms with Gasteiger partial charge in [-0.1, -0.05) is 26.2 Å². The fourth-order valence-electron chi connectivity index (χ4n) is 1.98. The number of hydrogen-bond donors (Lipinski definition) is 2. The van der Waals surface area contributed by atoms with Crippen LogP contribution in [0.1, 0.15) is 39.0 Å². The van der Waals surface area contributed by atoms with Crippen LogP contribution >= 0.6 is 0 Å². The smallest absolute Gasteiger partial charge is 0.0715 e. The van der Waals surface area contributed by atoms with E-state index in [2.05, 4.69) is 6.92 Å². The Kier molecular flexibility index (Phi) is 2.90. The summed E-state index contributed by atoms with van der Waals surface area (Å²) in [6, 6.07) is 0. The minimum Gasteiger partial charge on any atom is -0.391 e. The molecule has 11 heavy (non-hydrogen) atoms. The Morgan fingerprint density at radius 1 is 1.36 bits per heavy atom. The summed E-state index contributed by atoms with van der Waals surface area (Å²) in [5.74, 6) is 0. The van der Waals surface area contributed by atoms with Gasteiger partial charge in [-0.15, -0.1) is 0 Å². The molecule has 1 saturated carbocycles. The second kappa shape index (κ2) is 3.55. The van der Waals surface area contributed by atoms with Gasteiger partial charge in [-0.3, -0.25) is 0 Å². The molecule has 1 fully saturated rings. The number of aliphatic hydroxyl groups is 1. The Balaban J connectivity index is 2.49. The lowest BCUT2D eigenvalue weighted by Gasteiger charge is -2.37. The fourth-order valence-corrected chi connectivity index (χ4v) is 1.98. The summed E-state index contributed by atoms with van der Waals surface area (Å²) in [5, 5.41) is 9.62. The lowest BCUT2D eigenvalue weighted by Crippen LogP contribution is -2.39. The van der Waals surface area contributed by atoms with Crippen molar-refractivity contribution in [1.29, 1.82) is 0 Å². The van der Waals surface area contributed by atoms with Crippen LogP contribution < -0.4 is 5.73 Å². The molecule has 0 saturated heterocycles. The van der Waals surface area contributed by atoms with Gasteiger partial charge >= 0.3 is 0 Å². The van der Waals surface area contributed by atoms with Gasteiger partial charge in [0.15, 0.2) is 0 Å². The Labute approximate surface area is 68.8 Å². The predicted molar refractivity (Wildman–Crippen MR) is 46.3 cm³/mol. The van der Waals surface area contributed by atoms with Crippen LogP contribution in [0.3, 0.4) is 0 Å². The minimum absolute atomic E-state index is 0.118. The molecule has 0 aliphatic heterocycles. The quantitative estimate of drug-likeness (QED) is 0.634. The lowest BCUT2D eigenvalue weighted by molar-refractivity contribution is 0.0165. The monoisotopic (exact) mass is 157 g/mol. The van der Waals surface area contributed by atoms with E-state index < -0.39 is 0 Å². The van der Waals surface area contributed by atoms with Gasteiger partial charge in [-0.05, 0) is 18.3 Å². The van der Waals surface area contributed by atoms with E-state index in [0.717, 1.165) is 12.8 Å². The van der Waals surface area contributed by atoms with Crippen LogP contribution in [-0.4, -0.2) is 17.8 Å². The molecule has 3 N–H and O–H groups in total. The van der Waals surface area contributed by atoms with Gasteiger partial charge in [0.2, 0.25) is 0 Å². The van der Waals surface area contributed by atoms with Gasteiger partial charge in [-0.2, -0.15) is 0 Å². The first kappa shape index (κ1) is 9.01. The van der Waals surface area contributed by atoms with Crippen molar-refractivity contribution in [3.05, 3.63) is 0 Å². The molecule has 1 atom stereocenters. The molecule has 1 rings (SSSR count). The van der Waals surface area contributed by atoms with Gasteiger partial charge in [0.1, 0.15) is 0 Å². The predicted octanol–water partition coefficient (Wildman–Crippen LogP) is 1.28. The Morgan fingerprint density at radius 2 is 1.91 bits per heavy atom. The summed E-state index contributed by atoms with van der Waals surface area (Å²) in [7, 11) is 0. The Morgan fingerprint density at radius 3 is 2.36 bits per heavy atom. The van der Waals surface area contributed by atoms with Crippen molar-refractivity contribution in [2.24, 2.45) is 11.1 Å². The molecule has 66 valence electrons. The molecule has 1 unspecified atom stereocenters. The summed E-state index contributed by atoms with van der Waals surface area (Å²) < 4.78 is 0. The van der Waals surface area contributed by atoms with E-state index >= 15 is 0 Å². The largest absolute Gasteiger partial charge is 0.391 e. The average Bonchev–Trinajstić information content (AvgIpc) is 2.04. The molecule has 2 heteroatoms. The fraction of sp³-hybridized carbons (Fsp3) is 1.00. The lowest BCUT2D eigenvalue weighted by atomic mass is 9.72. The van der Waals surface area contributed by atoms with Crippen molar-refractivity contribution >= 4 is 0 Å². The molecule has 0 aromatic carbocycles. The molecular weight excluding hydrogens is 138 g/mol. The number of aliphatic hydroxyl groups excluding tert-OH is 1. The summed E-state index contributed by atoms with van der Waals surface area (Å²) in [6.45, 7) is 2.57. The van der Waals surface area contributed by atoms with Crippen molar-refractivity contribution in [2.75, 3.05) is 6.54 Å². The van der Waals surface area contributed by atoms with E-state index in [1.807, 2.05) is 0 Å². The maximum atomic E-state index is 9.62. The molecule has 0 spiro atoms. The summed E-state index contributed by atoms with van der Waals surface area (Å²) in [4.78, 5) is 0. The molecule has 2 nitrogen and oxygen atoms in total. The molecule has 0 bridgehead atoms. The highest BCUT2D eigenvalue weighted by Crippen LogP contribution is 2.38. The third kappa shape index (κ3) is 1.94. The number of hydrogen-bond acceptors (Lipinski definition) is 2. The van der Waals surface area contributed by atoms with Crippen molar-refractivity contribution in [3.8, 4) is 0 Å². The third-order valence-electron chi connectivity index (χ3n) is 3.02. The summed E-state index contributed by atoms with van der Waals surface area (Å²) >= 11 is 0. The van der Waals surface area contributed by atoms with Crippen molar-refractivity contribution < 1.29 is 5.11 Å². The van der Waals surface area contributed by atoms with Crippen LogP contribution in [0, 0.1) is 5.41 Å². The van der Waals surface area contributed by atoms with Gasteiger partial charge in [0.05, 0.1) is 6.10 Å². The first-order valence-corrected chi connectivity index (χ1v) is 4.57. The van der Waals surface area contributed by atoms with E-state index in [4.69, 9.17) is 5.73 Å². The van der Waals surface area contributed by atoms with Gasteiger partial charge in [0, 0.05) is 6.54 Å². The standard InChI is InChI=1S/C9H19NO/c1-9(8(11)7-10)5-3-2-4-6-9/h8,11H,2-7,10H2,1H3. The molecule has 0 heterocycles. The van der Waals surface area contributed by atoms with E-state index in [9.17, 15) is 5.11 Å². The normalized spacial score (nSPS) is 26.5. The second-order valence-electron chi connectivity index (χ2n) is 3.97.